The lowest BCUT2D eigenvalue weighted by atomic mass is 10.1. The topological polar surface area (TPSA) is 29.3 Å². The summed E-state index contributed by atoms with van der Waals surface area (Å²) in [5.41, 5.74) is 2.28. The van der Waals surface area contributed by atoms with Crippen LogP contribution in [0.15, 0.2) is 24.4 Å². The normalized spacial score (nSPS) is 18.0. The van der Waals surface area contributed by atoms with Gasteiger partial charge in [-0.2, -0.15) is 0 Å². The number of pyridine rings is 1. The number of rotatable bonds is 4. The molecule has 1 fully saturated rings. The van der Waals surface area contributed by atoms with Gasteiger partial charge in [0.2, 0.25) is 0 Å². The number of anilines is 1. The van der Waals surface area contributed by atoms with E-state index in [-0.39, 0.29) is 0 Å². The van der Waals surface area contributed by atoms with Gasteiger partial charge in [0.25, 0.3) is 0 Å². The van der Waals surface area contributed by atoms with E-state index in [9.17, 15) is 0 Å². The molecular formula is C16H23N3. The van der Waals surface area contributed by atoms with Gasteiger partial charge < -0.3 is 5.32 Å². The number of nitrogens with one attached hydrogen (secondary N) is 1. The Kier molecular flexibility index (Phi) is 3.45. The second kappa shape index (κ2) is 5.24. The molecule has 3 rings (SSSR count). The van der Waals surface area contributed by atoms with Crippen molar-refractivity contribution < 1.29 is 0 Å². The van der Waals surface area contributed by atoms with Gasteiger partial charge in [0.05, 0.1) is 5.69 Å². The molecule has 1 N–H and O–H groups in total. The molecule has 0 bridgehead atoms. The van der Waals surface area contributed by atoms with Crippen molar-refractivity contribution in [2.75, 3.05) is 5.32 Å². The van der Waals surface area contributed by atoms with Gasteiger partial charge in [-0.3, -0.25) is 4.40 Å². The third kappa shape index (κ3) is 2.34. The van der Waals surface area contributed by atoms with Crippen LogP contribution in [-0.4, -0.2) is 15.4 Å². The maximum atomic E-state index is 4.83. The fourth-order valence-corrected chi connectivity index (χ4v) is 2.96. The largest absolute Gasteiger partial charge is 0.367 e. The van der Waals surface area contributed by atoms with E-state index >= 15 is 0 Å². The fraction of sp³-hybridized carbons (Fsp3) is 0.562. The molecule has 1 saturated carbocycles. The van der Waals surface area contributed by atoms with E-state index < -0.39 is 0 Å². The van der Waals surface area contributed by atoms with Crippen molar-refractivity contribution in [2.45, 2.75) is 57.9 Å². The molecule has 3 heteroatoms. The van der Waals surface area contributed by atoms with Crippen LogP contribution in [0, 0.1) is 0 Å². The molecule has 1 aliphatic rings. The minimum atomic E-state index is 0.504. The summed E-state index contributed by atoms with van der Waals surface area (Å²) in [6.07, 6.45) is 8.54. The summed E-state index contributed by atoms with van der Waals surface area (Å²) in [5.74, 6) is 1.72. The minimum Gasteiger partial charge on any atom is -0.367 e. The quantitative estimate of drug-likeness (QED) is 0.889. The molecule has 2 heterocycles. The van der Waals surface area contributed by atoms with Crippen molar-refractivity contribution in [2.24, 2.45) is 0 Å². The second-order valence-electron chi connectivity index (χ2n) is 5.71. The van der Waals surface area contributed by atoms with Crippen LogP contribution in [0.3, 0.4) is 0 Å². The highest BCUT2D eigenvalue weighted by Gasteiger charge is 2.21. The van der Waals surface area contributed by atoms with Crippen molar-refractivity contribution >= 4 is 11.5 Å². The molecule has 1 unspecified atom stereocenters. The highest BCUT2D eigenvalue weighted by Crippen LogP contribution is 2.30. The van der Waals surface area contributed by atoms with E-state index in [0.29, 0.717) is 12.0 Å². The Balaban J connectivity index is 2.02. The van der Waals surface area contributed by atoms with Gasteiger partial charge in [-0.25, -0.2) is 4.98 Å². The van der Waals surface area contributed by atoms with Gasteiger partial charge in [0.1, 0.15) is 11.5 Å². The zero-order valence-corrected chi connectivity index (χ0v) is 11.9. The summed E-state index contributed by atoms with van der Waals surface area (Å²) in [6.45, 7) is 4.50. The highest BCUT2D eigenvalue weighted by molar-refractivity contribution is 5.56. The molecule has 3 nitrogen and oxygen atoms in total. The maximum absolute atomic E-state index is 4.83. The smallest absolute Gasteiger partial charge is 0.138 e. The van der Waals surface area contributed by atoms with Gasteiger partial charge in [0.15, 0.2) is 0 Å². The number of aromatic nitrogens is 2. The van der Waals surface area contributed by atoms with Gasteiger partial charge in [-0.15, -0.1) is 0 Å². The zero-order chi connectivity index (χ0) is 13.2. The van der Waals surface area contributed by atoms with Crippen LogP contribution in [0.2, 0.25) is 0 Å². The van der Waals surface area contributed by atoms with Crippen LogP contribution in [0.25, 0.3) is 5.65 Å². The first-order valence-corrected chi connectivity index (χ1v) is 7.53. The van der Waals surface area contributed by atoms with E-state index in [1.807, 2.05) is 0 Å². The van der Waals surface area contributed by atoms with Crippen LogP contribution in [0.4, 0.5) is 5.82 Å². The molecule has 1 aliphatic carbocycles. The van der Waals surface area contributed by atoms with Crippen LogP contribution >= 0.6 is 0 Å². The average molecular weight is 257 g/mol. The highest BCUT2D eigenvalue weighted by atomic mass is 15.1. The van der Waals surface area contributed by atoms with Crippen LogP contribution in [0.1, 0.15) is 57.6 Å². The molecule has 1 atom stereocenters. The molecule has 0 aromatic carbocycles. The Morgan fingerprint density at radius 2 is 2.16 bits per heavy atom. The lowest BCUT2D eigenvalue weighted by Crippen LogP contribution is -2.17. The monoisotopic (exact) mass is 257 g/mol. The van der Waals surface area contributed by atoms with Crippen molar-refractivity contribution in [3.8, 4) is 0 Å². The predicted molar refractivity (Wildman–Crippen MR) is 79.8 cm³/mol. The SMILES string of the molecule is CCC(C)c1nc2ccccn2c1NC1CCCC1. The lowest BCUT2D eigenvalue weighted by Gasteiger charge is -2.16. The average Bonchev–Trinajstić information content (AvgIpc) is 3.07. The van der Waals surface area contributed by atoms with Gasteiger partial charge >= 0.3 is 0 Å². The number of imidazole rings is 1. The number of hydrogen-bond acceptors (Lipinski definition) is 2. The molecule has 0 saturated heterocycles. The Bertz CT molecular complexity index is 552. The fourth-order valence-electron chi connectivity index (χ4n) is 2.96. The van der Waals surface area contributed by atoms with Crippen LogP contribution < -0.4 is 5.32 Å². The van der Waals surface area contributed by atoms with Gasteiger partial charge in [0, 0.05) is 18.2 Å². The predicted octanol–water partition coefficient (Wildman–Crippen LogP) is 4.20. The lowest BCUT2D eigenvalue weighted by molar-refractivity contribution is 0.702. The van der Waals surface area contributed by atoms with Crippen LogP contribution in [0.5, 0.6) is 0 Å². The van der Waals surface area contributed by atoms with Gasteiger partial charge in [-0.05, 0) is 31.4 Å². The number of fused-ring (bicyclic) bond motifs is 1. The number of hydrogen-bond donors (Lipinski definition) is 1. The van der Waals surface area contributed by atoms with Gasteiger partial charge in [-0.1, -0.05) is 32.8 Å². The maximum Gasteiger partial charge on any atom is 0.138 e. The molecule has 19 heavy (non-hydrogen) atoms. The molecule has 0 aliphatic heterocycles. The Hall–Kier alpha value is -1.51. The first-order chi connectivity index (χ1) is 9.29. The van der Waals surface area contributed by atoms with Crippen molar-refractivity contribution in [1.29, 1.82) is 0 Å². The summed E-state index contributed by atoms with van der Waals surface area (Å²) in [7, 11) is 0. The second-order valence-corrected chi connectivity index (χ2v) is 5.71. The van der Waals surface area contributed by atoms with E-state index in [0.717, 1.165) is 12.1 Å². The summed E-state index contributed by atoms with van der Waals surface area (Å²) < 4.78 is 2.21. The van der Waals surface area contributed by atoms with Crippen LogP contribution in [-0.2, 0) is 0 Å². The van der Waals surface area contributed by atoms with E-state index in [4.69, 9.17) is 4.98 Å². The molecular weight excluding hydrogens is 234 g/mol. The third-order valence-electron chi connectivity index (χ3n) is 4.33. The first-order valence-electron chi connectivity index (χ1n) is 7.53. The summed E-state index contributed by atoms with van der Waals surface area (Å²) >= 11 is 0. The first kappa shape index (κ1) is 12.5. The molecule has 2 aromatic rings. The van der Waals surface area contributed by atoms with E-state index in [1.54, 1.807) is 0 Å². The molecule has 0 radical (unpaired) electrons. The minimum absolute atomic E-state index is 0.504. The Labute approximate surface area is 115 Å². The zero-order valence-electron chi connectivity index (χ0n) is 11.9. The Morgan fingerprint density at radius 3 is 2.89 bits per heavy atom. The van der Waals surface area contributed by atoms with E-state index in [2.05, 4.69) is 48.0 Å². The molecule has 2 aromatic heterocycles. The van der Waals surface area contributed by atoms with Crippen molar-refractivity contribution in [3.05, 3.63) is 30.1 Å². The molecule has 0 spiro atoms. The van der Waals surface area contributed by atoms with E-state index in [1.165, 1.54) is 37.2 Å². The molecule has 0 amide bonds. The summed E-state index contributed by atoms with van der Waals surface area (Å²) in [6, 6.07) is 6.85. The summed E-state index contributed by atoms with van der Waals surface area (Å²) in [4.78, 5) is 4.83. The third-order valence-corrected chi connectivity index (χ3v) is 4.33. The standard InChI is InChI=1S/C16H23N3/c1-3-12(2)15-16(17-13-8-4-5-9-13)19-11-7-6-10-14(19)18-15/h6-7,10-13,17H,3-5,8-9H2,1-2H3. The van der Waals surface area contributed by atoms with Crippen molar-refractivity contribution in [3.63, 3.8) is 0 Å². The number of nitrogens with zero attached hydrogens (tertiary/aromatic N) is 2. The molecule has 102 valence electrons. The summed E-state index contributed by atoms with van der Waals surface area (Å²) in [5, 5.41) is 3.75. The van der Waals surface area contributed by atoms with Crippen molar-refractivity contribution in [1.82, 2.24) is 9.38 Å². The Morgan fingerprint density at radius 1 is 1.37 bits per heavy atom.